The molecule has 29 heavy (non-hydrogen) atoms. The van der Waals surface area contributed by atoms with E-state index in [-0.39, 0.29) is 6.54 Å². The van der Waals surface area contributed by atoms with Crippen molar-refractivity contribution in [3.63, 3.8) is 0 Å². The van der Waals surface area contributed by atoms with Crippen LogP contribution in [0.25, 0.3) is 0 Å². The highest BCUT2D eigenvalue weighted by Crippen LogP contribution is 2.37. The Morgan fingerprint density at radius 3 is 1.90 bits per heavy atom. The second-order valence-corrected chi connectivity index (χ2v) is 9.35. The summed E-state index contributed by atoms with van der Waals surface area (Å²) in [5.74, 6) is -0.976. The number of nitrogens with zero attached hydrogens (tertiary/aromatic N) is 3. The molecule has 3 aliphatic heterocycles. The molecule has 0 radical (unpaired) electrons. The van der Waals surface area contributed by atoms with Crippen LogP contribution in [0, 0.1) is 11.8 Å². The molecule has 5 heteroatoms. The summed E-state index contributed by atoms with van der Waals surface area (Å²) in [7, 11) is 0. The van der Waals surface area contributed by atoms with E-state index in [1.54, 1.807) is 0 Å². The highest BCUT2D eigenvalue weighted by atomic mass is 19.3. The third-order valence-electron chi connectivity index (χ3n) is 7.65. The number of halogens is 2. The first-order valence-corrected chi connectivity index (χ1v) is 12.5. The number of alkyl halides is 2. The van der Waals surface area contributed by atoms with Crippen LogP contribution in [-0.4, -0.2) is 78.5 Å². The van der Waals surface area contributed by atoms with Gasteiger partial charge in [-0.05, 0) is 96.4 Å². The van der Waals surface area contributed by atoms with Crippen molar-refractivity contribution in [2.45, 2.75) is 97.6 Å². The topological polar surface area (TPSA) is 9.72 Å². The predicted molar refractivity (Wildman–Crippen MR) is 120 cm³/mol. The van der Waals surface area contributed by atoms with Crippen LogP contribution in [0.4, 0.5) is 8.78 Å². The Morgan fingerprint density at radius 2 is 1.41 bits per heavy atom. The third-order valence-corrected chi connectivity index (χ3v) is 7.65. The molecule has 0 aromatic heterocycles. The van der Waals surface area contributed by atoms with E-state index in [4.69, 9.17) is 0 Å². The number of likely N-dealkylation sites (tertiary alicyclic amines) is 3. The van der Waals surface area contributed by atoms with Crippen LogP contribution in [0.2, 0.25) is 0 Å². The zero-order valence-electron chi connectivity index (χ0n) is 19.8. The van der Waals surface area contributed by atoms with Crippen LogP contribution in [0.5, 0.6) is 0 Å². The smallest absolute Gasteiger partial charge is 0.275 e. The molecule has 2 unspecified atom stereocenters. The SMILES string of the molecule is CC.CCCN1CCC(N2CCC(C3CCN(C(C)CC)CC3)CC2)C(F)(F)C1. The normalized spacial score (nSPS) is 29.3. The summed E-state index contributed by atoms with van der Waals surface area (Å²) in [6.07, 6.45) is 7.68. The molecule has 3 aliphatic rings. The molecule has 0 saturated carbocycles. The molecular formula is C24H47F2N3. The van der Waals surface area contributed by atoms with Crippen molar-refractivity contribution < 1.29 is 8.78 Å². The van der Waals surface area contributed by atoms with Crippen LogP contribution in [0.15, 0.2) is 0 Å². The van der Waals surface area contributed by atoms with Gasteiger partial charge in [-0.2, -0.15) is 0 Å². The monoisotopic (exact) mass is 415 g/mol. The molecule has 2 atom stereocenters. The van der Waals surface area contributed by atoms with Gasteiger partial charge in [-0.15, -0.1) is 0 Å². The van der Waals surface area contributed by atoms with Gasteiger partial charge < -0.3 is 4.90 Å². The Morgan fingerprint density at radius 1 is 0.862 bits per heavy atom. The molecule has 3 rings (SSSR count). The van der Waals surface area contributed by atoms with Crippen LogP contribution in [0.1, 0.15) is 79.6 Å². The van der Waals surface area contributed by atoms with Gasteiger partial charge in [0.25, 0.3) is 5.92 Å². The summed E-state index contributed by atoms with van der Waals surface area (Å²) in [4.78, 5) is 6.72. The Labute approximate surface area is 179 Å². The van der Waals surface area contributed by atoms with E-state index < -0.39 is 12.0 Å². The maximum Gasteiger partial charge on any atom is 0.275 e. The lowest BCUT2D eigenvalue weighted by Crippen LogP contribution is -2.59. The maximum atomic E-state index is 14.7. The molecular weight excluding hydrogens is 368 g/mol. The van der Waals surface area contributed by atoms with Gasteiger partial charge >= 0.3 is 0 Å². The lowest BCUT2D eigenvalue weighted by molar-refractivity contribution is -0.133. The fourth-order valence-electron chi connectivity index (χ4n) is 5.75. The van der Waals surface area contributed by atoms with Crippen molar-refractivity contribution in [1.82, 2.24) is 14.7 Å². The van der Waals surface area contributed by atoms with Gasteiger partial charge in [0.2, 0.25) is 0 Å². The summed E-state index contributed by atoms with van der Waals surface area (Å²) in [5.41, 5.74) is 0. The van der Waals surface area contributed by atoms with Crippen molar-refractivity contribution in [3.8, 4) is 0 Å². The fourth-order valence-corrected chi connectivity index (χ4v) is 5.75. The average molecular weight is 416 g/mol. The van der Waals surface area contributed by atoms with E-state index in [9.17, 15) is 8.78 Å². The van der Waals surface area contributed by atoms with Gasteiger partial charge in [0, 0.05) is 12.6 Å². The number of rotatable bonds is 6. The molecule has 3 fully saturated rings. The first kappa shape index (κ1) is 25.0. The standard InChI is InChI=1S/C22H41F2N3.C2H6/c1-4-11-25-12-10-21(22(23,24)17-25)27-15-8-20(9-16-27)19-6-13-26(14-7-19)18(3)5-2;1-2/h18-21H,4-17H2,1-3H3;1-2H3. The van der Waals surface area contributed by atoms with Crippen molar-refractivity contribution in [2.24, 2.45) is 11.8 Å². The third kappa shape index (κ3) is 6.61. The molecule has 0 spiro atoms. The zero-order valence-corrected chi connectivity index (χ0v) is 19.8. The molecule has 3 saturated heterocycles. The molecule has 0 bridgehead atoms. The largest absolute Gasteiger partial charge is 0.301 e. The summed E-state index contributed by atoms with van der Waals surface area (Å²) < 4.78 is 29.5. The molecule has 0 aliphatic carbocycles. The minimum absolute atomic E-state index is 0.0422. The van der Waals surface area contributed by atoms with Gasteiger partial charge in [0.1, 0.15) is 0 Å². The van der Waals surface area contributed by atoms with E-state index in [0.29, 0.717) is 12.5 Å². The first-order valence-electron chi connectivity index (χ1n) is 12.5. The minimum Gasteiger partial charge on any atom is -0.301 e. The summed E-state index contributed by atoms with van der Waals surface area (Å²) in [5, 5.41) is 0. The maximum absolute atomic E-state index is 14.7. The van der Waals surface area contributed by atoms with Crippen molar-refractivity contribution in [1.29, 1.82) is 0 Å². The number of hydrogen-bond acceptors (Lipinski definition) is 3. The van der Waals surface area contributed by atoms with E-state index >= 15 is 0 Å². The Hall–Kier alpha value is -0.260. The first-order chi connectivity index (χ1) is 13.9. The fraction of sp³-hybridized carbons (Fsp3) is 1.00. The lowest BCUT2D eigenvalue weighted by Gasteiger charge is -2.47. The molecule has 3 nitrogen and oxygen atoms in total. The van der Waals surface area contributed by atoms with E-state index in [1.807, 2.05) is 18.7 Å². The highest BCUT2D eigenvalue weighted by Gasteiger charge is 2.48. The van der Waals surface area contributed by atoms with Crippen molar-refractivity contribution in [2.75, 3.05) is 45.8 Å². The van der Waals surface area contributed by atoms with Crippen molar-refractivity contribution in [3.05, 3.63) is 0 Å². The molecule has 3 heterocycles. The van der Waals surface area contributed by atoms with Gasteiger partial charge in [0.05, 0.1) is 12.6 Å². The predicted octanol–water partition coefficient (Wildman–Crippen LogP) is 5.35. The summed E-state index contributed by atoms with van der Waals surface area (Å²) >= 11 is 0. The van der Waals surface area contributed by atoms with Gasteiger partial charge in [-0.1, -0.05) is 27.7 Å². The van der Waals surface area contributed by atoms with Gasteiger partial charge in [-0.3, -0.25) is 9.80 Å². The summed E-state index contributed by atoms with van der Waals surface area (Å²) in [6.45, 7) is 16.5. The zero-order chi connectivity index (χ0) is 21.4. The molecule has 0 N–H and O–H groups in total. The van der Waals surface area contributed by atoms with E-state index in [1.165, 1.54) is 32.4 Å². The average Bonchev–Trinajstić information content (AvgIpc) is 2.75. The molecule has 172 valence electrons. The van der Waals surface area contributed by atoms with Gasteiger partial charge in [0.15, 0.2) is 0 Å². The number of hydrogen-bond donors (Lipinski definition) is 0. The van der Waals surface area contributed by atoms with E-state index in [0.717, 1.165) is 57.3 Å². The molecule has 0 amide bonds. The van der Waals surface area contributed by atoms with Crippen molar-refractivity contribution >= 4 is 0 Å². The van der Waals surface area contributed by atoms with Crippen LogP contribution in [0.3, 0.4) is 0 Å². The number of piperidine rings is 3. The molecule has 0 aromatic carbocycles. The Bertz CT molecular complexity index is 443. The second kappa shape index (κ2) is 12.0. The van der Waals surface area contributed by atoms with Crippen LogP contribution < -0.4 is 0 Å². The van der Waals surface area contributed by atoms with Crippen LogP contribution >= 0.6 is 0 Å². The lowest BCUT2D eigenvalue weighted by atomic mass is 9.78. The minimum atomic E-state index is -2.55. The Balaban J connectivity index is 0.00000145. The highest BCUT2D eigenvalue weighted by molar-refractivity contribution is 4.95. The Kier molecular flexibility index (Phi) is 10.3. The van der Waals surface area contributed by atoms with E-state index in [2.05, 4.69) is 30.6 Å². The molecule has 0 aromatic rings. The van der Waals surface area contributed by atoms with Crippen LogP contribution in [-0.2, 0) is 0 Å². The van der Waals surface area contributed by atoms with Gasteiger partial charge in [-0.25, -0.2) is 8.78 Å². The second-order valence-electron chi connectivity index (χ2n) is 9.35. The summed E-state index contributed by atoms with van der Waals surface area (Å²) in [6, 6.07) is 0.174. The quantitative estimate of drug-likeness (QED) is 0.579.